The van der Waals surface area contributed by atoms with E-state index in [1.54, 1.807) is 18.2 Å². The minimum absolute atomic E-state index is 0.0123. The van der Waals surface area contributed by atoms with Crippen LogP contribution in [0.15, 0.2) is 77.9 Å². The molecule has 208 valence electrons. The Balaban J connectivity index is 1.58. The third-order valence-corrected chi connectivity index (χ3v) is 6.65. The first-order chi connectivity index (χ1) is 19.4. The number of hydrogen-bond acceptors (Lipinski definition) is 5. The highest BCUT2D eigenvalue weighted by Gasteiger charge is 2.39. The largest absolute Gasteiger partial charge is 0.505 e. The molecule has 4 aromatic rings. The second-order valence-electron chi connectivity index (χ2n) is 9.42. The monoisotopic (exact) mass is 563 g/mol. The van der Waals surface area contributed by atoms with Crippen LogP contribution in [0.25, 0.3) is 11.1 Å². The summed E-state index contributed by atoms with van der Waals surface area (Å²) in [5.41, 5.74) is 2.76. The van der Waals surface area contributed by atoms with Crippen molar-refractivity contribution in [2.75, 3.05) is 10.3 Å². The fraction of sp³-hybridized carbons (Fsp3) is 0.100. The number of nitrogens with one attached hydrogen (secondary N) is 1. The van der Waals surface area contributed by atoms with Crippen molar-refractivity contribution < 1.29 is 37.4 Å². The summed E-state index contributed by atoms with van der Waals surface area (Å²) >= 11 is 0. The number of carboxylic acids is 1. The highest BCUT2D eigenvalue weighted by Crippen LogP contribution is 2.41. The predicted molar refractivity (Wildman–Crippen MR) is 145 cm³/mol. The number of alkyl halides is 3. The minimum atomic E-state index is -4.68. The average molecular weight is 564 g/mol. The first kappa shape index (κ1) is 27.4. The summed E-state index contributed by atoms with van der Waals surface area (Å²) in [6.07, 6.45) is -4.68. The number of para-hydroxylation sites is 1. The Labute approximate surface area is 231 Å². The molecule has 0 aliphatic carbocycles. The van der Waals surface area contributed by atoms with Crippen molar-refractivity contribution in [3.8, 4) is 16.9 Å². The van der Waals surface area contributed by atoms with Gasteiger partial charge in [-0.1, -0.05) is 24.3 Å². The van der Waals surface area contributed by atoms with Crippen molar-refractivity contribution >= 4 is 34.7 Å². The molecule has 0 fully saturated rings. The lowest BCUT2D eigenvalue weighted by Gasteiger charge is -2.20. The zero-order valence-corrected chi connectivity index (χ0v) is 21.5. The molecule has 0 spiro atoms. The van der Waals surface area contributed by atoms with Crippen molar-refractivity contribution in [3.63, 3.8) is 0 Å². The molecule has 4 aromatic carbocycles. The molecule has 41 heavy (non-hydrogen) atoms. The zero-order chi connectivity index (χ0) is 29.6. The summed E-state index contributed by atoms with van der Waals surface area (Å²) in [5, 5.41) is 24.4. The van der Waals surface area contributed by atoms with Crippen molar-refractivity contribution in [2.24, 2.45) is 5.10 Å². The highest BCUT2D eigenvalue weighted by molar-refractivity contribution is 6.55. The van der Waals surface area contributed by atoms with Gasteiger partial charge >= 0.3 is 12.1 Å². The third-order valence-electron chi connectivity index (χ3n) is 6.65. The maximum absolute atomic E-state index is 14.3. The van der Waals surface area contributed by atoms with E-state index in [-0.39, 0.29) is 56.3 Å². The number of carbonyl (C=O) groups excluding carboxylic acids is 1. The van der Waals surface area contributed by atoms with Gasteiger partial charge in [0.15, 0.2) is 5.71 Å². The highest BCUT2D eigenvalue weighted by atomic mass is 19.4. The Kier molecular flexibility index (Phi) is 6.74. The summed E-state index contributed by atoms with van der Waals surface area (Å²) in [6, 6.07) is 16.0. The van der Waals surface area contributed by atoms with Crippen molar-refractivity contribution in [1.82, 2.24) is 0 Å². The molecule has 0 unspecified atom stereocenters. The number of benzene rings is 4. The third kappa shape index (κ3) is 4.97. The van der Waals surface area contributed by atoms with Gasteiger partial charge < -0.3 is 10.2 Å². The lowest BCUT2D eigenvalue weighted by Crippen LogP contribution is -2.26. The SMILES string of the molecule is Cc1cc(N2C(=O)C(=NNc3cccc(-c4cccc(C(=O)O)c4)c3O)c3ccc(C(F)(F)F)cc32)cc(C)c1F. The molecule has 7 nitrogen and oxygen atoms in total. The van der Waals surface area contributed by atoms with Gasteiger partial charge in [-0.15, -0.1) is 0 Å². The average Bonchev–Trinajstić information content (AvgIpc) is 3.20. The van der Waals surface area contributed by atoms with Crippen molar-refractivity contribution in [1.29, 1.82) is 0 Å². The molecular weight excluding hydrogens is 542 g/mol. The number of nitrogens with zero attached hydrogens (tertiary/aromatic N) is 2. The van der Waals surface area contributed by atoms with E-state index in [0.717, 1.165) is 23.1 Å². The smallest absolute Gasteiger partial charge is 0.416 e. The number of anilines is 3. The Morgan fingerprint density at radius 3 is 2.27 bits per heavy atom. The first-order valence-electron chi connectivity index (χ1n) is 12.2. The van der Waals surface area contributed by atoms with Crippen LogP contribution >= 0.6 is 0 Å². The Hall–Kier alpha value is -5.19. The molecule has 0 atom stereocenters. The lowest BCUT2D eigenvalue weighted by molar-refractivity contribution is -0.137. The maximum Gasteiger partial charge on any atom is 0.416 e. The summed E-state index contributed by atoms with van der Waals surface area (Å²) in [6.45, 7) is 2.97. The fourth-order valence-electron chi connectivity index (χ4n) is 4.64. The number of carbonyl (C=O) groups is 2. The standard InChI is InChI=1S/C30H21F4N3O4/c1-15-11-20(12-16(2)25(15)31)37-24-14-19(30(32,33)34)9-10-22(24)26(28(37)39)36-35-23-8-4-7-21(27(23)38)17-5-3-6-18(13-17)29(40)41/h3-14,35,38H,1-2H3,(H,40,41). The Morgan fingerprint density at radius 1 is 0.927 bits per heavy atom. The van der Waals surface area contributed by atoms with Crippen LogP contribution in [0.5, 0.6) is 5.75 Å². The van der Waals surface area contributed by atoms with Crippen LogP contribution in [0.1, 0.15) is 32.6 Å². The number of fused-ring (bicyclic) bond motifs is 1. The number of rotatable bonds is 5. The fourth-order valence-corrected chi connectivity index (χ4v) is 4.64. The molecule has 0 radical (unpaired) electrons. The molecule has 11 heteroatoms. The van der Waals surface area contributed by atoms with Crippen LogP contribution in [0, 0.1) is 19.7 Å². The van der Waals surface area contributed by atoms with E-state index in [2.05, 4.69) is 10.5 Å². The normalized spacial score (nSPS) is 14.0. The number of aromatic hydroxyl groups is 1. The number of hydrogen-bond donors (Lipinski definition) is 3. The van der Waals surface area contributed by atoms with Gasteiger partial charge in [-0.2, -0.15) is 18.3 Å². The number of halogens is 4. The Bertz CT molecular complexity index is 1740. The Morgan fingerprint density at radius 2 is 1.61 bits per heavy atom. The van der Waals surface area contributed by atoms with Gasteiger partial charge in [0.25, 0.3) is 5.91 Å². The van der Waals surface area contributed by atoms with Crippen molar-refractivity contribution in [2.45, 2.75) is 20.0 Å². The number of aromatic carboxylic acids is 1. The molecular formula is C30H21F4N3O4. The maximum atomic E-state index is 14.3. The van der Waals surface area contributed by atoms with Crippen LogP contribution in [0.3, 0.4) is 0 Å². The molecule has 0 bridgehead atoms. The molecule has 3 N–H and O–H groups in total. The van der Waals surface area contributed by atoms with Crippen LogP contribution in [-0.2, 0) is 11.0 Å². The molecule has 0 saturated carbocycles. The molecule has 0 saturated heterocycles. The van der Waals surface area contributed by atoms with Gasteiger partial charge in [0, 0.05) is 11.1 Å². The minimum Gasteiger partial charge on any atom is -0.505 e. The van der Waals surface area contributed by atoms with Gasteiger partial charge in [0.2, 0.25) is 0 Å². The second kappa shape index (κ2) is 10.1. The van der Waals surface area contributed by atoms with E-state index in [1.807, 2.05) is 0 Å². The van der Waals surface area contributed by atoms with Gasteiger partial charge in [-0.05, 0) is 79.1 Å². The van der Waals surface area contributed by atoms with E-state index >= 15 is 0 Å². The van der Waals surface area contributed by atoms with Crippen LogP contribution in [0.2, 0.25) is 0 Å². The van der Waals surface area contributed by atoms with Crippen LogP contribution in [-0.4, -0.2) is 27.8 Å². The molecule has 0 aromatic heterocycles. The molecule has 1 amide bonds. The second-order valence-corrected chi connectivity index (χ2v) is 9.42. The summed E-state index contributed by atoms with van der Waals surface area (Å²) in [5.74, 6) is -2.69. The number of aryl methyl sites for hydroxylation is 2. The van der Waals surface area contributed by atoms with Gasteiger partial charge in [0.05, 0.1) is 28.2 Å². The summed E-state index contributed by atoms with van der Waals surface area (Å²) in [7, 11) is 0. The van der Waals surface area contributed by atoms with Crippen LogP contribution < -0.4 is 10.3 Å². The van der Waals surface area contributed by atoms with Gasteiger partial charge in [-0.25, -0.2) is 9.18 Å². The number of amides is 1. The van der Waals surface area contributed by atoms with Gasteiger partial charge in [0.1, 0.15) is 11.6 Å². The molecule has 1 aliphatic heterocycles. The topological polar surface area (TPSA) is 102 Å². The lowest BCUT2D eigenvalue weighted by atomic mass is 10.0. The zero-order valence-electron chi connectivity index (χ0n) is 21.5. The first-order valence-corrected chi connectivity index (χ1v) is 12.2. The number of hydrazone groups is 1. The van der Waals surface area contributed by atoms with E-state index in [0.29, 0.717) is 5.56 Å². The number of phenols is 1. The quantitative estimate of drug-likeness (QED) is 0.138. The van der Waals surface area contributed by atoms with E-state index < -0.39 is 29.4 Å². The predicted octanol–water partition coefficient (Wildman–Crippen LogP) is 7.03. The summed E-state index contributed by atoms with van der Waals surface area (Å²) < 4.78 is 55.0. The molecule has 5 rings (SSSR count). The summed E-state index contributed by atoms with van der Waals surface area (Å²) in [4.78, 5) is 26.0. The van der Waals surface area contributed by atoms with E-state index in [1.165, 1.54) is 50.2 Å². The van der Waals surface area contributed by atoms with E-state index in [4.69, 9.17) is 0 Å². The number of carboxylic acid groups (broad SMARTS) is 1. The van der Waals surface area contributed by atoms with Gasteiger partial charge in [-0.3, -0.25) is 15.1 Å². The van der Waals surface area contributed by atoms with Crippen LogP contribution in [0.4, 0.5) is 34.6 Å². The van der Waals surface area contributed by atoms with E-state index in [9.17, 15) is 37.4 Å². The molecule has 1 aliphatic rings. The van der Waals surface area contributed by atoms with Crippen molar-refractivity contribution in [3.05, 3.63) is 106 Å². The molecule has 1 heterocycles. The number of phenolic OH excluding ortho intramolecular Hbond substituents is 1.